The first-order chi connectivity index (χ1) is 7.99. The van der Waals surface area contributed by atoms with E-state index < -0.39 is 5.97 Å². The molecular weight excluding hydrogens is 260 g/mol. The van der Waals surface area contributed by atoms with Crippen LogP contribution in [0, 0.1) is 11.3 Å². The van der Waals surface area contributed by atoms with E-state index >= 15 is 0 Å². The number of oxime groups is 1. The Morgan fingerprint density at radius 1 is 1.71 bits per heavy atom. The number of nitriles is 1. The molecule has 1 saturated heterocycles. The second kappa shape index (κ2) is 5.98. The number of ether oxygens (including phenoxy) is 1. The van der Waals surface area contributed by atoms with Crippen LogP contribution in [-0.4, -0.2) is 27.6 Å². The van der Waals surface area contributed by atoms with Gasteiger partial charge in [-0.15, -0.1) is 11.8 Å². The summed E-state index contributed by atoms with van der Waals surface area (Å²) in [6.07, 6.45) is 1.54. The molecule has 0 aliphatic carbocycles. The molecule has 0 radical (unpaired) electrons. The molecule has 5 nitrogen and oxygen atoms in total. The summed E-state index contributed by atoms with van der Waals surface area (Å²) in [4.78, 5) is 11.3. The highest BCUT2D eigenvalue weighted by Crippen LogP contribution is 2.50. The highest BCUT2D eigenvalue weighted by Gasteiger charge is 2.37. The van der Waals surface area contributed by atoms with E-state index in [1.165, 1.54) is 29.6 Å². The Balaban J connectivity index is 2.59. The van der Waals surface area contributed by atoms with E-state index in [1.54, 1.807) is 0 Å². The molecule has 0 saturated carbocycles. The molecule has 1 aliphatic rings. The zero-order valence-electron chi connectivity index (χ0n) is 9.47. The topological polar surface area (TPSA) is 82.7 Å². The molecular formula is C10H12N2O3S2. The summed E-state index contributed by atoms with van der Waals surface area (Å²) in [5, 5.41) is 20.8. The first-order valence-corrected chi connectivity index (χ1v) is 6.47. The third kappa shape index (κ3) is 3.98. The Labute approximate surface area is 108 Å². The molecule has 0 aromatic carbocycles. The van der Waals surface area contributed by atoms with Crippen LogP contribution >= 0.6 is 23.5 Å². The van der Waals surface area contributed by atoms with Crippen LogP contribution in [0.2, 0.25) is 0 Å². The van der Waals surface area contributed by atoms with Crippen LogP contribution in [0.25, 0.3) is 0 Å². The molecule has 1 aliphatic heterocycles. The maximum absolute atomic E-state index is 11.3. The summed E-state index contributed by atoms with van der Waals surface area (Å²) >= 11 is 2.68. The van der Waals surface area contributed by atoms with Crippen LogP contribution in [0.5, 0.6) is 0 Å². The summed E-state index contributed by atoms with van der Waals surface area (Å²) in [5.41, 5.74) is 0. The summed E-state index contributed by atoms with van der Waals surface area (Å²) in [5.74, 6) is -0.481. The van der Waals surface area contributed by atoms with Crippen LogP contribution in [0.15, 0.2) is 15.5 Å². The van der Waals surface area contributed by atoms with Crippen LogP contribution in [0.1, 0.15) is 20.3 Å². The molecule has 0 bridgehead atoms. The molecule has 0 aromatic heterocycles. The minimum atomic E-state index is -0.481. The van der Waals surface area contributed by atoms with Crippen molar-refractivity contribution >= 4 is 34.5 Å². The van der Waals surface area contributed by atoms with Gasteiger partial charge in [-0.1, -0.05) is 16.9 Å². The van der Waals surface area contributed by atoms with E-state index in [2.05, 4.69) is 5.16 Å². The van der Waals surface area contributed by atoms with E-state index in [4.69, 9.17) is 15.2 Å². The minimum absolute atomic E-state index is 0.0960. The van der Waals surface area contributed by atoms with Gasteiger partial charge < -0.3 is 9.94 Å². The Morgan fingerprint density at radius 2 is 2.41 bits per heavy atom. The molecule has 0 unspecified atom stereocenters. The van der Waals surface area contributed by atoms with Gasteiger partial charge in [-0.3, -0.25) is 0 Å². The average Bonchev–Trinajstić information content (AvgIpc) is 2.53. The largest absolute Gasteiger partial charge is 0.461 e. The fourth-order valence-electron chi connectivity index (χ4n) is 1.07. The maximum Gasteiger partial charge on any atom is 0.332 e. The number of nitrogens with zero attached hydrogens (tertiary/aromatic N) is 2. The van der Waals surface area contributed by atoms with E-state index in [0.717, 1.165) is 4.24 Å². The number of hydrogen-bond acceptors (Lipinski definition) is 7. The number of esters is 1. The Morgan fingerprint density at radius 3 is 2.94 bits per heavy atom. The van der Waals surface area contributed by atoms with Crippen molar-refractivity contribution in [3.63, 3.8) is 0 Å². The number of hydrogen-bond donors (Lipinski definition) is 1. The second-order valence-corrected chi connectivity index (χ2v) is 6.61. The van der Waals surface area contributed by atoms with Crippen LogP contribution in [-0.2, 0) is 9.53 Å². The van der Waals surface area contributed by atoms with Crippen molar-refractivity contribution in [3.8, 4) is 6.07 Å². The number of carbonyl (C=O) groups excluding carboxylic acids is 1. The predicted octanol–water partition coefficient (Wildman–Crippen LogP) is 2.33. The Hall–Kier alpha value is -1.13. The third-order valence-corrected chi connectivity index (χ3v) is 4.61. The zero-order chi connectivity index (χ0) is 12.9. The van der Waals surface area contributed by atoms with Gasteiger partial charge in [0.2, 0.25) is 0 Å². The molecule has 0 amide bonds. The van der Waals surface area contributed by atoms with Gasteiger partial charge in [-0.05, 0) is 13.8 Å². The van der Waals surface area contributed by atoms with Crippen LogP contribution < -0.4 is 0 Å². The number of carbonyl (C=O) groups is 1. The smallest absolute Gasteiger partial charge is 0.332 e. The van der Waals surface area contributed by atoms with E-state index in [-0.39, 0.29) is 17.8 Å². The van der Waals surface area contributed by atoms with Gasteiger partial charge in [-0.25, -0.2) is 4.79 Å². The van der Waals surface area contributed by atoms with Gasteiger partial charge >= 0.3 is 5.97 Å². The van der Waals surface area contributed by atoms with Crippen molar-refractivity contribution in [2.75, 3.05) is 6.61 Å². The lowest BCUT2D eigenvalue weighted by atomic mass is 10.2. The van der Waals surface area contributed by atoms with Crippen molar-refractivity contribution in [2.45, 2.75) is 25.0 Å². The standard InChI is InChI=1S/C10H12N2O3S2/c1-10(2)9(12-14)16-8(17-10)6-7(13)15-5-3-4-11/h6,14H,3,5H2,1-2H3. The molecule has 1 rings (SSSR count). The zero-order valence-corrected chi connectivity index (χ0v) is 11.1. The van der Waals surface area contributed by atoms with Gasteiger partial charge in [0.15, 0.2) is 0 Å². The van der Waals surface area contributed by atoms with Crippen molar-refractivity contribution < 1.29 is 14.7 Å². The molecule has 0 spiro atoms. The fourth-order valence-corrected chi connectivity index (χ4v) is 3.77. The van der Waals surface area contributed by atoms with Crippen LogP contribution in [0.4, 0.5) is 0 Å². The molecule has 0 aromatic rings. The van der Waals surface area contributed by atoms with Gasteiger partial charge in [0.25, 0.3) is 0 Å². The van der Waals surface area contributed by atoms with Gasteiger partial charge in [0.1, 0.15) is 11.7 Å². The molecule has 1 heterocycles. The van der Waals surface area contributed by atoms with Crippen molar-refractivity contribution in [2.24, 2.45) is 5.16 Å². The molecule has 1 N–H and O–H groups in total. The monoisotopic (exact) mass is 272 g/mol. The second-order valence-electron chi connectivity index (χ2n) is 3.66. The highest BCUT2D eigenvalue weighted by atomic mass is 32.2. The average molecular weight is 272 g/mol. The Bertz CT molecular complexity index is 410. The summed E-state index contributed by atoms with van der Waals surface area (Å²) in [6, 6.07) is 1.89. The molecule has 17 heavy (non-hydrogen) atoms. The molecule has 1 fully saturated rings. The number of thioether (sulfide) groups is 2. The fraction of sp³-hybridized carbons (Fsp3) is 0.500. The molecule has 7 heteroatoms. The van der Waals surface area contributed by atoms with Crippen LogP contribution in [0.3, 0.4) is 0 Å². The normalized spacial score (nSPS) is 22.6. The first-order valence-electron chi connectivity index (χ1n) is 4.84. The summed E-state index contributed by atoms with van der Waals surface area (Å²) in [7, 11) is 0. The van der Waals surface area contributed by atoms with Gasteiger partial charge in [0, 0.05) is 6.08 Å². The molecule has 0 atom stereocenters. The van der Waals surface area contributed by atoms with Crippen molar-refractivity contribution in [3.05, 3.63) is 10.3 Å². The van der Waals surface area contributed by atoms with E-state index in [1.807, 2.05) is 19.9 Å². The quantitative estimate of drug-likeness (QED) is 0.279. The van der Waals surface area contributed by atoms with E-state index in [9.17, 15) is 4.79 Å². The Kier molecular flexibility index (Phi) is 4.90. The lowest BCUT2D eigenvalue weighted by Crippen LogP contribution is -2.19. The SMILES string of the molecule is CC1(C)SC(=CC(=O)OCCC#N)SC1=NO. The molecule has 92 valence electrons. The first kappa shape index (κ1) is 13.9. The predicted molar refractivity (Wildman–Crippen MR) is 67.8 cm³/mol. The summed E-state index contributed by atoms with van der Waals surface area (Å²) < 4.78 is 5.21. The van der Waals surface area contributed by atoms with E-state index in [0.29, 0.717) is 5.04 Å². The van der Waals surface area contributed by atoms with Crippen molar-refractivity contribution in [1.29, 1.82) is 5.26 Å². The number of rotatable bonds is 3. The summed E-state index contributed by atoms with van der Waals surface area (Å²) in [6.45, 7) is 3.90. The minimum Gasteiger partial charge on any atom is -0.461 e. The lowest BCUT2D eigenvalue weighted by molar-refractivity contribution is -0.137. The third-order valence-electron chi connectivity index (χ3n) is 1.85. The van der Waals surface area contributed by atoms with Crippen molar-refractivity contribution in [1.82, 2.24) is 0 Å². The van der Waals surface area contributed by atoms with Gasteiger partial charge in [0.05, 0.1) is 21.5 Å². The lowest BCUT2D eigenvalue weighted by Gasteiger charge is -2.12. The maximum atomic E-state index is 11.3. The highest BCUT2D eigenvalue weighted by molar-refractivity contribution is 8.35. The van der Waals surface area contributed by atoms with Gasteiger partial charge in [-0.2, -0.15) is 5.26 Å².